The summed E-state index contributed by atoms with van der Waals surface area (Å²) in [6.45, 7) is 1.49. The Bertz CT molecular complexity index is 486. The van der Waals surface area contributed by atoms with Crippen molar-refractivity contribution in [2.45, 2.75) is 0 Å². The van der Waals surface area contributed by atoms with Gasteiger partial charge in [0.2, 0.25) is 0 Å². The van der Waals surface area contributed by atoms with Crippen LogP contribution in [0.4, 0.5) is 5.69 Å². The molecule has 7 heteroatoms. The Labute approximate surface area is 100 Å². The maximum Gasteiger partial charge on any atom is 0.304 e. The van der Waals surface area contributed by atoms with Crippen molar-refractivity contribution >= 4 is 15.9 Å². The maximum absolute atomic E-state index is 12.1. The highest BCUT2D eigenvalue weighted by molar-refractivity contribution is 7.90. The van der Waals surface area contributed by atoms with E-state index >= 15 is 0 Å². The van der Waals surface area contributed by atoms with Gasteiger partial charge >= 0.3 is 10.2 Å². The lowest BCUT2D eigenvalue weighted by Crippen LogP contribution is -2.35. The van der Waals surface area contributed by atoms with E-state index in [0.717, 1.165) is 0 Å². The molecule has 0 aliphatic carbocycles. The number of benzene rings is 1. The van der Waals surface area contributed by atoms with Crippen molar-refractivity contribution in [1.29, 1.82) is 0 Å². The van der Waals surface area contributed by atoms with Crippen molar-refractivity contribution in [2.75, 3.05) is 30.5 Å². The number of rotatable bonds is 3. The monoisotopic (exact) mass is 257 g/mol. The summed E-state index contributed by atoms with van der Waals surface area (Å²) in [5.41, 5.74) is 5.93. The molecule has 2 rings (SSSR count). The summed E-state index contributed by atoms with van der Waals surface area (Å²) in [4.78, 5) is 0. The van der Waals surface area contributed by atoms with Crippen molar-refractivity contribution in [3.05, 3.63) is 24.3 Å². The third kappa shape index (κ3) is 2.21. The Kier molecular flexibility index (Phi) is 3.23. The van der Waals surface area contributed by atoms with Gasteiger partial charge in [-0.25, -0.2) is 0 Å². The van der Waals surface area contributed by atoms with Gasteiger partial charge in [-0.15, -0.1) is 0 Å². The van der Waals surface area contributed by atoms with E-state index < -0.39 is 10.2 Å². The van der Waals surface area contributed by atoms with E-state index in [4.69, 9.17) is 5.73 Å². The van der Waals surface area contributed by atoms with Crippen molar-refractivity contribution in [3.63, 3.8) is 0 Å². The van der Waals surface area contributed by atoms with Crippen LogP contribution in [-0.4, -0.2) is 44.0 Å². The molecule has 0 spiro atoms. The molecule has 1 aliphatic rings. The molecule has 1 heterocycles. The standard InChI is InChI=1S/C10H15N3O3S/c11-5-6-12-7-8-13(17(12,15)16)9-1-3-10(14)4-2-9/h1-4,14H,5-8,11H2. The summed E-state index contributed by atoms with van der Waals surface area (Å²) in [5, 5.41) is 9.17. The van der Waals surface area contributed by atoms with Crippen LogP contribution >= 0.6 is 0 Å². The van der Waals surface area contributed by atoms with Gasteiger partial charge in [-0.3, -0.25) is 4.31 Å². The first kappa shape index (κ1) is 12.2. The average molecular weight is 257 g/mol. The lowest BCUT2D eigenvalue weighted by atomic mass is 10.3. The van der Waals surface area contributed by atoms with Gasteiger partial charge in [-0.1, -0.05) is 0 Å². The second-order valence-corrected chi connectivity index (χ2v) is 5.64. The van der Waals surface area contributed by atoms with E-state index in [1.807, 2.05) is 0 Å². The third-order valence-electron chi connectivity index (χ3n) is 2.67. The minimum Gasteiger partial charge on any atom is -0.508 e. The molecule has 1 aromatic rings. The number of hydrogen-bond donors (Lipinski definition) is 2. The van der Waals surface area contributed by atoms with Gasteiger partial charge in [0.25, 0.3) is 0 Å². The molecule has 0 atom stereocenters. The fourth-order valence-electron chi connectivity index (χ4n) is 1.82. The van der Waals surface area contributed by atoms with Crippen LogP contribution in [0.25, 0.3) is 0 Å². The maximum atomic E-state index is 12.1. The molecule has 94 valence electrons. The van der Waals surface area contributed by atoms with Crippen molar-refractivity contribution < 1.29 is 13.5 Å². The van der Waals surface area contributed by atoms with Crippen LogP contribution in [0, 0.1) is 0 Å². The molecule has 3 N–H and O–H groups in total. The lowest BCUT2D eigenvalue weighted by molar-refractivity contribution is 0.458. The van der Waals surface area contributed by atoms with E-state index in [1.165, 1.54) is 20.7 Å². The molecule has 0 unspecified atom stereocenters. The molecule has 1 aliphatic heterocycles. The summed E-state index contributed by atoms with van der Waals surface area (Å²) in [7, 11) is -3.45. The van der Waals surface area contributed by atoms with E-state index in [0.29, 0.717) is 31.9 Å². The summed E-state index contributed by atoms with van der Waals surface area (Å²) in [6.07, 6.45) is 0. The largest absolute Gasteiger partial charge is 0.508 e. The number of nitrogens with two attached hydrogens (primary N) is 1. The van der Waals surface area contributed by atoms with Gasteiger partial charge in [0.1, 0.15) is 5.75 Å². The molecule has 1 fully saturated rings. The van der Waals surface area contributed by atoms with Gasteiger partial charge < -0.3 is 10.8 Å². The normalized spacial score (nSPS) is 19.7. The van der Waals surface area contributed by atoms with Gasteiger partial charge in [-0.2, -0.15) is 12.7 Å². The van der Waals surface area contributed by atoms with Crippen molar-refractivity contribution in [2.24, 2.45) is 5.73 Å². The fraction of sp³-hybridized carbons (Fsp3) is 0.400. The number of nitrogens with zero attached hydrogens (tertiary/aromatic N) is 2. The van der Waals surface area contributed by atoms with Crippen LogP contribution in [0.2, 0.25) is 0 Å². The Morgan fingerprint density at radius 3 is 2.47 bits per heavy atom. The van der Waals surface area contributed by atoms with Crippen LogP contribution in [0.5, 0.6) is 5.75 Å². The van der Waals surface area contributed by atoms with Crippen LogP contribution in [0.3, 0.4) is 0 Å². The zero-order valence-corrected chi connectivity index (χ0v) is 10.1. The first-order valence-corrected chi connectivity index (χ1v) is 6.72. The number of phenols is 1. The minimum atomic E-state index is -3.45. The smallest absolute Gasteiger partial charge is 0.304 e. The molecule has 0 radical (unpaired) electrons. The second kappa shape index (κ2) is 4.52. The van der Waals surface area contributed by atoms with Crippen LogP contribution in [0.15, 0.2) is 24.3 Å². The quantitative estimate of drug-likeness (QED) is 0.779. The average Bonchev–Trinajstić information content (AvgIpc) is 2.57. The number of phenolic OH excluding ortho intramolecular Hbond substituents is 1. The van der Waals surface area contributed by atoms with Gasteiger partial charge in [0, 0.05) is 26.2 Å². The first-order chi connectivity index (χ1) is 8.05. The summed E-state index contributed by atoms with van der Waals surface area (Å²) in [6, 6.07) is 6.10. The highest BCUT2D eigenvalue weighted by Gasteiger charge is 2.35. The zero-order chi connectivity index (χ0) is 12.5. The SMILES string of the molecule is NCCN1CCN(c2ccc(O)cc2)S1(=O)=O. The Balaban J connectivity index is 2.27. The minimum absolute atomic E-state index is 0.115. The van der Waals surface area contributed by atoms with E-state index in [1.54, 1.807) is 12.1 Å². The van der Waals surface area contributed by atoms with Crippen molar-refractivity contribution in [3.8, 4) is 5.75 Å². The molecule has 0 aromatic heterocycles. The second-order valence-electron chi connectivity index (χ2n) is 3.78. The molecular weight excluding hydrogens is 242 g/mol. The molecule has 0 amide bonds. The summed E-state index contributed by atoms with van der Waals surface area (Å²) < 4.78 is 26.9. The highest BCUT2D eigenvalue weighted by atomic mass is 32.2. The number of hydrogen-bond acceptors (Lipinski definition) is 4. The van der Waals surface area contributed by atoms with E-state index in [-0.39, 0.29) is 5.75 Å². The summed E-state index contributed by atoms with van der Waals surface area (Å²) >= 11 is 0. The predicted molar refractivity (Wildman–Crippen MR) is 65.0 cm³/mol. The zero-order valence-electron chi connectivity index (χ0n) is 9.28. The molecule has 1 saturated heterocycles. The summed E-state index contributed by atoms with van der Waals surface area (Å²) in [5.74, 6) is 0.115. The molecular formula is C10H15N3O3S. The van der Waals surface area contributed by atoms with Gasteiger partial charge in [-0.05, 0) is 24.3 Å². The van der Waals surface area contributed by atoms with Gasteiger partial charge in [0.15, 0.2) is 0 Å². The van der Waals surface area contributed by atoms with Gasteiger partial charge in [0.05, 0.1) is 5.69 Å². The van der Waals surface area contributed by atoms with E-state index in [2.05, 4.69) is 0 Å². The number of anilines is 1. The topological polar surface area (TPSA) is 86.9 Å². The van der Waals surface area contributed by atoms with Crippen LogP contribution < -0.4 is 10.0 Å². The first-order valence-electron chi connectivity index (χ1n) is 5.32. The molecule has 0 saturated carbocycles. The molecule has 6 nitrogen and oxygen atoms in total. The molecule has 1 aromatic carbocycles. The van der Waals surface area contributed by atoms with Crippen LogP contribution in [0.1, 0.15) is 0 Å². The Morgan fingerprint density at radius 1 is 1.24 bits per heavy atom. The highest BCUT2D eigenvalue weighted by Crippen LogP contribution is 2.26. The predicted octanol–water partition coefficient (Wildman–Crippen LogP) is -0.282. The third-order valence-corrected chi connectivity index (χ3v) is 4.64. The molecule has 0 bridgehead atoms. The Morgan fingerprint density at radius 2 is 1.88 bits per heavy atom. The lowest BCUT2D eigenvalue weighted by Gasteiger charge is -2.19. The van der Waals surface area contributed by atoms with E-state index in [9.17, 15) is 13.5 Å². The van der Waals surface area contributed by atoms with Crippen molar-refractivity contribution in [1.82, 2.24) is 4.31 Å². The molecule has 17 heavy (non-hydrogen) atoms. The Hall–Kier alpha value is -1.31. The van der Waals surface area contributed by atoms with Crippen LogP contribution in [-0.2, 0) is 10.2 Å². The fourth-order valence-corrected chi connectivity index (χ4v) is 3.45. The number of aromatic hydroxyl groups is 1.